The maximum atomic E-state index is 11.3. The average molecular weight is 805 g/mol. The molecule has 0 heterocycles. The topological polar surface area (TPSA) is 172 Å². The Morgan fingerprint density at radius 2 is 0.929 bits per heavy atom. The number of carboxylic acid groups (broad SMARTS) is 1. The lowest BCUT2D eigenvalue weighted by atomic mass is 9.95. The average Bonchev–Trinajstić information content (AvgIpc) is 2.95. The van der Waals surface area contributed by atoms with Gasteiger partial charge in [-0.2, -0.15) is 0 Å². The number of allylic oxidation sites excluding steroid dienone is 2. The van der Waals surface area contributed by atoms with Crippen molar-refractivity contribution in [2.75, 3.05) is 26.4 Å². The standard InChI is InChI=1S/C12H20O4.C10H20O.C9H18O2.C8H16O3.C5H10O2/c1-9(13)8-11(14)16-7-6-15-10(2)12(3,4)5;1-6-7-8-11-9(2)10(3,4)5;1-8(2,3)7(10)11-9(4,5)6;1-6(9)5-11-7(10)8(2,3)4;1-5(2,3)4(6)7/h2,6-8H2,1,3-5H3;2,6-8H2,1,3-5H3;1-6H3;6,9H,5H2,1-4H3;1-3H3,(H,6,7). The van der Waals surface area contributed by atoms with Gasteiger partial charge in [0.15, 0.2) is 0 Å². The number of ether oxygens (including phenoxy) is 5. The van der Waals surface area contributed by atoms with E-state index in [0.717, 1.165) is 18.8 Å². The molecule has 1 atom stereocenters. The van der Waals surface area contributed by atoms with Gasteiger partial charge in [0.05, 0.1) is 40.5 Å². The number of hydrogen-bond acceptors (Lipinski definition) is 11. The highest BCUT2D eigenvalue weighted by atomic mass is 16.6. The molecule has 0 spiro atoms. The maximum absolute atomic E-state index is 11.3. The van der Waals surface area contributed by atoms with Crippen LogP contribution < -0.4 is 0 Å². The van der Waals surface area contributed by atoms with E-state index in [1.54, 1.807) is 48.5 Å². The fraction of sp³-hybridized carbons (Fsp3) is 0.795. The largest absolute Gasteiger partial charge is 0.498 e. The number of carboxylic acids is 1. The van der Waals surface area contributed by atoms with Crippen LogP contribution in [0.4, 0.5) is 0 Å². The summed E-state index contributed by atoms with van der Waals surface area (Å²) in [6, 6.07) is 0. The first kappa shape index (κ1) is 61.8. The zero-order valence-corrected chi connectivity index (χ0v) is 39.4. The summed E-state index contributed by atoms with van der Waals surface area (Å²) in [7, 11) is 0. The molecule has 0 aliphatic heterocycles. The second-order valence-electron chi connectivity index (χ2n) is 19.5. The molecule has 56 heavy (non-hydrogen) atoms. The fourth-order valence-corrected chi connectivity index (χ4v) is 2.19. The lowest BCUT2D eigenvalue weighted by Gasteiger charge is -2.25. The lowest BCUT2D eigenvalue weighted by molar-refractivity contribution is -0.164. The molecule has 0 saturated heterocycles. The molecule has 0 aliphatic carbocycles. The minimum absolute atomic E-state index is 0.0795. The number of aliphatic hydroxyl groups is 1. The predicted octanol–water partition coefficient (Wildman–Crippen LogP) is 9.90. The monoisotopic (exact) mass is 805 g/mol. The molecule has 1 unspecified atom stereocenters. The zero-order chi connectivity index (χ0) is 46.1. The second-order valence-corrected chi connectivity index (χ2v) is 19.5. The van der Waals surface area contributed by atoms with Crippen molar-refractivity contribution in [3.63, 3.8) is 0 Å². The van der Waals surface area contributed by atoms with Gasteiger partial charge >= 0.3 is 23.9 Å². The van der Waals surface area contributed by atoms with E-state index >= 15 is 0 Å². The van der Waals surface area contributed by atoms with Gasteiger partial charge < -0.3 is 33.9 Å². The first-order valence-corrected chi connectivity index (χ1v) is 19.2. The Balaban J connectivity index is -0.000000198. The van der Waals surface area contributed by atoms with Crippen LogP contribution in [-0.4, -0.2) is 78.0 Å². The predicted molar refractivity (Wildman–Crippen MR) is 225 cm³/mol. The number of Topliss-reactive ketones (excluding diaryl/α,β-unsaturated/α-hetero) is 1. The van der Waals surface area contributed by atoms with Crippen molar-refractivity contribution >= 4 is 29.7 Å². The SMILES string of the molecule is C=C(OCCCC)C(C)(C)C.C=C(OCCOC(=O)CC(C)=O)C(C)(C)C.CC(C)(C)C(=O)O.CC(C)(C)OC(=O)C(C)(C)C.CC(O)COC(=O)C(C)(C)C. The number of aliphatic carboxylic acids is 1. The molecule has 0 amide bonds. The maximum Gasteiger partial charge on any atom is 0.313 e. The number of ketones is 1. The van der Waals surface area contributed by atoms with Crippen molar-refractivity contribution in [1.29, 1.82) is 0 Å². The number of carbonyl (C=O) groups is 5. The quantitative estimate of drug-likeness (QED) is 0.0630. The summed E-state index contributed by atoms with van der Waals surface area (Å²) in [6.45, 7) is 47.8. The summed E-state index contributed by atoms with van der Waals surface area (Å²) in [6.07, 6.45) is 1.54. The van der Waals surface area contributed by atoms with Crippen molar-refractivity contribution in [2.24, 2.45) is 27.1 Å². The van der Waals surface area contributed by atoms with Crippen molar-refractivity contribution in [3.8, 4) is 0 Å². The van der Waals surface area contributed by atoms with Crippen molar-refractivity contribution in [1.82, 2.24) is 0 Å². The summed E-state index contributed by atoms with van der Waals surface area (Å²) in [5.41, 5.74) is -1.86. The van der Waals surface area contributed by atoms with Crippen molar-refractivity contribution in [2.45, 2.75) is 176 Å². The van der Waals surface area contributed by atoms with E-state index in [4.69, 9.17) is 33.9 Å². The first-order valence-electron chi connectivity index (χ1n) is 19.2. The highest BCUT2D eigenvalue weighted by molar-refractivity contribution is 5.94. The molecule has 12 nitrogen and oxygen atoms in total. The molecule has 0 saturated carbocycles. The van der Waals surface area contributed by atoms with Crippen LogP contribution in [0.3, 0.4) is 0 Å². The smallest absolute Gasteiger partial charge is 0.313 e. The third-order valence-corrected chi connectivity index (χ3v) is 6.18. The number of unbranched alkanes of at least 4 members (excludes halogenated alkanes) is 1. The molecular formula is C44H84O12. The van der Waals surface area contributed by atoms with Gasteiger partial charge in [-0.1, -0.05) is 68.0 Å². The molecule has 0 radical (unpaired) electrons. The van der Waals surface area contributed by atoms with Gasteiger partial charge in [0, 0.05) is 10.8 Å². The third-order valence-electron chi connectivity index (χ3n) is 6.18. The Kier molecular flexibility index (Phi) is 31.0. The molecule has 0 aliphatic rings. The summed E-state index contributed by atoms with van der Waals surface area (Å²) >= 11 is 0. The van der Waals surface area contributed by atoms with Crippen LogP contribution in [0.15, 0.2) is 24.7 Å². The number of aliphatic hydroxyl groups excluding tert-OH is 1. The Morgan fingerprint density at radius 1 is 0.571 bits per heavy atom. The van der Waals surface area contributed by atoms with Crippen molar-refractivity contribution in [3.05, 3.63) is 24.7 Å². The minimum atomic E-state index is -0.757. The van der Waals surface area contributed by atoms with Crippen molar-refractivity contribution < 1.29 is 57.9 Å². The second kappa shape index (κ2) is 28.1. The minimum Gasteiger partial charge on any atom is -0.498 e. The van der Waals surface area contributed by atoms with Gasteiger partial charge in [0.25, 0.3) is 0 Å². The molecule has 0 rings (SSSR count). The number of hydrogen-bond donors (Lipinski definition) is 2. The number of carbonyl (C=O) groups excluding carboxylic acids is 4. The Morgan fingerprint density at radius 3 is 1.18 bits per heavy atom. The normalized spacial score (nSPS) is 12.0. The Labute approximate surface area is 341 Å². The van der Waals surface area contributed by atoms with Crippen LogP contribution in [0, 0.1) is 27.1 Å². The molecule has 0 bridgehead atoms. The van der Waals surface area contributed by atoms with E-state index in [1.165, 1.54) is 13.3 Å². The number of esters is 3. The van der Waals surface area contributed by atoms with Gasteiger partial charge in [-0.15, -0.1) is 0 Å². The highest BCUT2D eigenvalue weighted by Crippen LogP contribution is 2.25. The Bertz CT molecular complexity index is 1170. The highest BCUT2D eigenvalue weighted by Gasteiger charge is 2.27. The van der Waals surface area contributed by atoms with Gasteiger partial charge in [0.2, 0.25) is 0 Å². The lowest BCUT2D eigenvalue weighted by Crippen LogP contribution is -2.31. The molecule has 332 valence electrons. The molecule has 0 aromatic heterocycles. The van der Waals surface area contributed by atoms with E-state index in [9.17, 15) is 24.0 Å². The number of rotatable bonds is 12. The van der Waals surface area contributed by atoms with Gasteiger partial charge in [-0.05, 0) is 103 Å². The van der Waals surface area contributed by atoms with Crippen LogP contribution in [0.25, 0.3) is 0 Å². The van der Waals surface area contributed by atoms with E-state index in [0.29, 0.717) is 5.76 Å². The van der Waals surface area contributed by atoms with Crippen LogP contribution in [-0.2, 0) is 47.7 Å². The first-order chi connectivity index (χ1) is 24.6. The molecule has 12 heteroatoms. The van der Waals surface area contributed by atoms with E-state index in [-0.39, 0.29) is 60.4 Å². The summed E-state index contributed by atoms with van der Waals surface area (Å²) in [5, 5.41) is 17.0. The van der Waals surface area contributed by atoms with Gasteiger partial charge in [-0.3, -0.25) is 24.0 Å². The summed E-state index contributed by atoms with van der Waals surface area (Å²) in [4.78, 5) is 53.9. The summed E-state index contributed by atoms with van der Waals surface area (Å²) in [5.74, 6) is -0.362. The van der Waals surface area contributed by atoms with E-state index in [1.807, 2.05) is 62.3 Å². The molecule has 0 aromatic carbocycles. The molecule has 0 fully saturated rings. The van der Waals surface area contributed by atoms with Gasteiger partial charge in [-0.25, -0.2) is 0 Å². The third kappa shape index (κ3) is 45.0. The van der Waals surface area contributed by atoms with E-state index < -0.39 is 34.3 Å². The molecule has 2 N–H and O–H groups in total. The van der Waals surface area contributed by atoms with E-state index in [2.05, 4.69) is 40.9 Å². The molecular weight excluding hydrogens is 720 g/mol. The van der Waals surface area contributed by atoms with Crippen LogP contribution in [0.2, 0.25) is 0 Å². The summed E-state index contributed by atoms with van der Waals surface area (Å²) < 4.78 is 25.5. The van der Waals surface area contributed by atoms with Crippen LogP contribution in [0.1, 0.15) is 165 Å². The van der Waals surface area contributed by atoms with Crippen LogP contribution in [0.5, 0.6) is 0 Å². The zero-order valence-electron chi connectivity index (χ0n) is 39.4. The molecule has 0 aromatic rings. The fourth-order valence-electron chi connectivity index (χ4n) is 2.19. The van der Waals surface area contributed by atoms with Crippen LogP contribution >= 0.6 is 0 Å². The Hall–Kier alpha value is -3.41. The van der Waals surface area contributed by atoms with Gasteiger partial charge in [0.1, 0.15) is 37.6 Å².